The van der Waals surface area contributed by atoms with E-state index in [1.54, 1.807) is 4.90 Å². The molecule has 2 atom stereocenters. The number of likely N-dealkylation sites (tertiary alicyclic amines) is 1. The van der Waals surface area contributed by atoms with E-state index in [2.05, 4.69) is 17.4 Å². The summed E-state index contributed by atoms with van der Waals surface area (Å²) in [7, 11) is 0. The first-order chi connectivity index (χ1) is 10.1. The van der Waals surface area contributed by atoms with Gasteiger partial charge in [-0.15, -0.1) is 0 Å². The monoisotopic (exact) mass is 288 g/mol. The molecule has 2 heterocycles. The Kier molecular flexibility index (Phi) is 3.92. The number of nitrogens with zero attached hydrogens (tertiary/aromatic N) is 1. The average Bonchev–Trinajstić information content (AvgIpc) is 2.53. The molecule has 1 aromatic rings. The van der Waals surface area contributed by atoms with Crippen LogP contribution in [0.3, 0.4) is 0 Å². The smallest absolute Gasteiger partial charge is 0.308 e. The molecule has 1 aromatic carbocycles. The third kappa shape index (κ3) is 2.93. The zero-order valence-corrected chi connectivity index (χ0v) is 11.9. The minimum Gasteiger partial charge on any atom is -0.481 e. The van der Waals surface area contributed by atoms with E-state index in [0.717, 1.165) is 6.42 Å². The fourth-order valence-corrected chi connectivity index (χ4v) is 3.23. The molecule has 2 aliphatic heterocycles. The maximum Gasteiger partial charge on any atom is 0.308 e. The van der Waals surface area contributed by atoms with Crippen molar-refractivity contribution in [2.75, 3.05) is 13.1 Å². The van der Waals surface area contributed by atoms with E-state index in [1.807, 2.05) is 12.1 Å². The van der Waals surface area contributed by atoms with Crippen molar-refractivity contribution in [3.8, 4) is 0 Å². The Morgan fingerprint density at radius 3 is 2.76 bits per heavy atom. The fraction of sp³-hybridized carbons (Fsp3) is 0.500. The van der Waals surface area contributed by atoms with Gasteiger partial charge in [0.25, 0.3) is 0 Å². The molecular formula is C16H20N2O3. The van der Waals surface area contributed by atoms with Gasteiger partial charge in [-0.1, -0.05) is 24.3 Å². The highest BCUT2D eigenvalue weighted by atomic mass is 16.4. The topological polar surface area (TPSA) is 69.6 Å². The Hall–Kier alpha value is -1.88. The van der Waals surface area contributed by atoms with Gasteiger partial charge in [0, 0.05) is 19.6 Å². The van der Waals surface area contributed by atoms with E-state index < -0.39 is 11.9 Å². The van der Waals surface area contributed by atoms with Gasteiger partial charge in [0.1, 0.15) is 0 Å². The van der Waals surface area contributed by atoms with Crippen LogP contribution in [0, 0.1) is 5.92 Å². The Balaban J connectivity index is 1.67. The Bertz CT molecular complexity index is 558. The second kappa shape index (κ2) is 5.85. The van der Waals surface area contributed by atoms with Crippen LogP contribution in [0.4, 0.5) is 0 Å². The Labute approximate surface area is 123 Å². The third-order valence-corrected chi connectivity index (χ3v) is 4.46. The highest BCUT2D eigenvalue weighted by Crippen LogP contribution is 2.21. The predicted molar refractivity (Wildman–Crippen MR) is 77.7 cm³/mol. The highest BCUT2D eigenvalue weighted by molar-refractivity contribution is 5.83. The standard InChI is InChI=1S/C16H20N2O3/c19-15(18-7-3-6-13(10-18)16(20)21)14-8-11-4-1-2-5-12(11)9-17-14/h1-2,4-5,13-14,17H,3,6-10H2,(H,20,21)/t13?,14-/m0/s1. The van der Waals surface area contributed by atoms with Crippen LogP contribution in [0.15, 0.2) is 24.3 Å². The van der Waals surface area contributed by atoms with Crippen molar-refractivity contribution in [3.05, 3.63) is 35.4 Å². The number of rotatable bonds is 2. The number of piperidine rings is 1. The van der Waals surface area contributed by atoms with Crippen LogP contribution in [0.5, 0.6) is 0 Å². The summed E-state index contributed by atoms with van der Waals surface area (Å²) in [5.41, 5.74) is 2.45. The fourth-order valence-electron chi connectivity index (χ4n) is 3.23. The SMILES string of the molecule is O=C(O)C1CCCN(C(=O)[C@@H]2Cc3ccccc3CN2)C1. The molecule has 5 heteroatoms. The summed E-state index contributed by atoms with van der Waals surface area (Å²) in [4.78, 5) is 25.4. The van der Waals surface area contributed by atoms with Gasteiger partial charge >= 0.3 is 5.97 Å². The van der Waals surface area contributed by atoms with E-state index in [0.29, 0.717) is 32.5 Å². The minimum absolute atomic E-state index is 0.0375. The molecule has 1 fully saturated rings. The summed E-state index contributed by atoms with van der Waals surface area (Å²) in [6.07, 6.45) is 2.12. The number of carboxylic acids is 1. The Morgan fingerprint density at radius 2 is 2.00 bits per heavy atom. The van der Waals surface area contributed by atoms with Gasteiger partial charge < -0.3 is 15.3 Å². The number of hydrogen-bond acceptors (Lipinski definition) is 3. The zero-order chi connectivity index (χ0) is 14.8. The van der Waals surface area contributed by atoms with Crippen LogP contribution in [0.1, 0.15) is 24.0 Å². The summed E-state index contributed by atoms with van der Waals surface area (Å²) < 4.78 is 0. The van der Waals surface area contributed by atoms with E-state index in [4.69, 9.17) is 5.11 Å². The number of aliphatic carboxylic acids is 1. The maximum atomic E-state index is 12.6. The lowest BCUT2D eigenvalue weighted by Crippen LogP contribution is -2.52. The summed E-state index contributed by atoms with van der Waals surface area (Å²) >= 11 is 0. The van der Waals surface area contributed by atoms with E-state index in [9.17, 15) is 9.59 Å². The number of carbonyl (C=O) groups excluding carboxylic acids is 1. The van der Waals surface area contributed by atoms with E-state index in [-0.39, 0.29) is 11.9 Å². The van der Waals surface area contributed by atoms with Gasteiger partial charge in [0.05, 0.1) is 12.0 Å². The molecule has 2 N–H and O–H groups in total. The summed E-state index contributed by atoms with van der Waals surface area (Å²) in [5.74, 6) is -1.18. The van der Waals surface area contributed by atoms with Crippen LogP contribution >= 0.6 is 0 Å². The molecule has 1 amide bonds. The van der Waals surface area contributed by atoms with Crippen LogP contribution in [0.25, 0.3) is 0 Å². The second-order valence-electron chi connectivity index (χ2n) is 5.87. The summed E-state index contributed by atoms with van der Waals surface area (Å²) in [5, 5.41) is 12.4. The van der Waals surface area contributed by atoms with E-state index in [1.165, 1.54) is 11.1 Å². The summed E-state index contributed by atoms with van der Waals surface area (Å²) in [6, 6.07) is 7.90. The lowest BCUT2D eigenvalue weighted by Gasteiger charge is -2.35. The molecule has 0 spiro atoms. The van der Waals surface area contributed by atoms with Gasteiger partial charge in [0.2, 0.25) is 5.91 Å². The molecule has 0 aromatic heterocycles. The van der Waals surface area contributed by atoms with Gasteiger partial charge in [-0.2, -0.15) is 0 Å². The highest BCUT2D eigenvalue weighted by Gasteiger charge is 2.33. The van der Waals surface area contributed by atoms with Crippen molar-refractivity contribution in [2.45, 2.75) is 31.8 Å². The third-order valence-electron chi connectivity index (χ3n) is 4.46. The van der Waals surface area contributed by atoms with Gasteiger partial charge in [0.15, 0.2) is 0 Å². The van der Waals surface area contributed by atoms with Gasteiger partial charge in [-0.3, -0.25) is 9.59 Å². The molecule has 2 aliphatic rings. The van der Waals surface area contributed by atoms with Crippen molar-refractivity contribution in [1.82, 2.24) is 10.2 Å². The number of nitrogens with one attached hydrogen (secondary N) is 1. The number of fused-ring (bicyclic) bond motifs is 1. The molecule has 3 rings (SSSR count). The number of benzene rings is 1. The predicted octanol–water partition coefficient (Wildman–Crippen LogP) is 1.02. The van der Waals surface area contributed by atoms with Crippen molar-refractivity contribution < 1.29 is 14.7 Å². The second-order valence-corrected chi connectivity index (χ2v) is 5.87. The van der Waals surface area contributed by atoms with Crippen molar-refractivity contribution in [3.63, 3.8) is 0 Å². The minimum atomic E-state index is -0.797. The van der Waals surface area contributed by atoms with E-state index >= 15 is 0 Å². The number of amides is 1. The molecule has 0 saturated carbocycles. The van der Waals surface area contributed by atoms with Crippen molar-refractivity contribution in [2.24, 2.45) is 5.92 Å². The lowest BCUT2D eigenvalue weighted by atomic mass is 9.93. The molecule has 1 saturated heterocycles. The molecule has 5 nitrogen and oxygen atoms in total. The van der Waals surface area contributed by atoms with Crippen LogP contribution in [-0.4, -0.2) is 41.0 Å². The van der Waals surface area contributed by atoms with Crippen LogP contribution in [0.2, 0.25) is 0 Å². The molecule has 21 heavy (non-hydrogen) atoms. The van der Waals surface area contributed by atoms with Crippen molar-refractivity contribution >= 4 is 11.9 Å². The average molecular weight is 288 g/mol. The first-order valence-electron chi connectivity index (χ1n) is 7.47. The van der Waals surface area contributed by atoms with Gasteiger partial charge in [-0.05, 0) is 30.4 Å². The molecule has 0 aliphatic carbocycles. The quantitative estimate of drug-likeness (QED) is 0.852. The number of hydrogen-bond donors (Lipinski definition) is 2. The van der Waals surface area contributed by atoms with Crippen LogP contribution in [-0.2, 0) is 22.6 Å². The van der Waals surface area contributed by atoms with Gasteiger partial charge in [-0.25, -0.2) is 0 Å². The molecule has 0 radical (unpaired) electrons. The largest absolute Gasteiger partial charge is 0.481 e. The maximum absolute atomic E-state index is 12.6. The van der Waals surface area contributed by atoms with Crippen LogP contribution < -0.4 is 5.32 Å². The molecule has 112 valence electrons. The number of carbonyl (C=O) groups is 2. The molecule has 0 bridgehead atoms. The summed E-state index contributed by atoms with van der Waals surface area (Å²) in [6.45, 7) is 1.71. The van der Waals surface area contributed by atoms with Crippen molar-refractivity contribution in [1.29, 1.82) is 0 Å². The molecular weight excluding hydrogens is 268 g/mol. The Morgan fingerprint density at radius 1 is 1.24 bits per heavy atom. The lowest BCUT2D eigenvalue weighted by molar-refractivity contribution is -0.146. The first kappa shape index (κ1) is 14.1. The molecule has 1 unspecified atom stereocenters. The zero-order valence-electron chi connectivity index (χ0n) is 11.9. The first-order valence-corrected chi connectivity index (χ1v) is 7.47. The number of carboxylic acid groups (broad SMARTS) is 1. The normalized spacial score (nSPS) is 25.2.